The predicted molar refractivity (Wildman–Crippen MR) is 84.3 cm³/mol. The van der Waals surface area contributed by atoms with Gasteiger partial charge in [0.1, 0.15) is 30.6 Å². The standard InChI is InChI=1S/C15H20F3N5O2/c1-10(14(24)22-3-2-4-22)21-12-5-13(20-9-19-12)23-6-11(7-23)25-8-15(16,17)18/h5,9-11H,2-4,6-8H2,1H3,(H,19,20,21)/t10-/m1/s1. The molecule has 2 saturated heterocycles. The molecule has 0 bridgehead atoms. The van der Waals surface area contributed by atoms with E-state index in [0.29, 0.717) is 24.7 Å². The first-order valence-corrected chi connectivity index (χ1v) is 8.12. The smallest absolute Gasteiger partial charge is 0.365 e. The van der Waals surface area contributed by atoms with Gasteiger partial charge in [-0.15, -0.1) is 0 Å². The van der Waals surface area contributed by atoms with Crippen molar-refractivity contribution in [2.45, 2.75) is 31.7 Å². The lowest BCUT2D eigenvalue weighted by molar-refractivity contribution is -0.187. The van der Waals surface area contributed by atoms with Gasteiger partial charge in [0.2, 0.25) is 5.91 Å². The first-order valence-electron chi connectivity index (χ1n) is 8.12. The number of hydrogen-bond acceptors (Lipinski definition) is 6. The fourth-order valence-electron chi connectivity index (χ4n) is 2.64. The Morgan fingerprint density at radius 1 is 1.40 bits per heavy atom. The van der Waals surface area contributed by atoms with Crippen LogP contribution in [0.2, 0.25) is 0 Å². The largest absolute Gasteiger partial charge is 0.411 e. The van der Waals surface area contributed by atoms with Crippen molar-refractivity contribution in [3.63, 3.8) is 0 Å². The summed E-state index contributed by atoms with van der Waals surface area (Å²) in [6.07, 6.45) is -2.38. The zero-order valence-electron chi connectivity index (χ0n) is 13.8. The normalized spacial score (nSPS) is 19.2. The number of carbonyl (C=O) groups excluding carboxylic acids is 1. The van der Waals surface area contributed by atoms with E-state index in [1.54, 1.807) is 22.8 Å². The average molecular weight is 359 g/mol. The zero-order valence-corrected chi connectivity index (χ0v) is 13.8. The van der Waals surface area contributed by atoms with Gasteiger partial charge in [-0.2, -0.15) is 13.2 Å². The number of ether oxygens (including phenoxy) is 1. The quantitative estimate of drug-likeness (QED) is 0.825. The molecule has 1 N–H and O–H groups in total. The first-order chi connectivity index (χ1) is 11.8. The Balaban J connectivity index is 1.50. The van der Waals surface area contributed by atoms with Gasteiger partial charge in [0.05, 0.1) is 6.10 Å². The van der Waals surface area contributed by atoms with Crippen LogP contribution in [0.4, 0.5) is 24.8 Å². The molecule has 7 nitrogen and oxygen atoms in total. The summed E-state index contributed by atoms with van der Waals surface area (Å²) in [4.78, 5) is 23.9. The molecule has 0 aromatic carbocycles. The molecule has 0 spiro atoms. The fraction of sp³-hybridized carbons (Fsp3) is 0.667. The van der Waals surface area contributed by atoms with E-state index in [0.717, 1.165) is 19.5 Å². The van der Waals surface area contributed by atoms with Crippen LogP contribution in [-0.2, 0) is 9.53 Å². The topological polar surface area (TPSA) is 70.6 Å². The van der Waals surface area contributed by atoms with E-state index >= 15 is 0 Å². The van der Waals surface area contributed by atoms with Crippen molar-refractivity contribution in [2.24, 2.45) is 0 Å². The Hall–Kier alpha value is -2.10. The Kier molecular flexibility index (Phi) is 4.98. The Labute approximate surface area is 143 Å². The number of hydrogen-bond donors (Lipinski definition) is 1. The van der Waals surface area contributed by atoms with Crippen LogP contribution in [0.1, 0.15) is 13.3 Å². The minimum absolute atomic E-state index is 0.0241. The molecule has 25 heavy (non-hydrogen) atoms. The highest BCUT2D eigenvalue weighted by Crippen LogP contribution is 2.24. The maximum atomic E-state index is 12.1. The van der Waals surface area contributed by atoms with Crippen LogP contribution in [0.15, 0.2) is 12.4 Å². The van der Waals surface area contributed by atoms with E-state index in [1.165, 1.54) is 6.33 Å². The average Bonchev–Trinajstić information content (AvgIpc) is 2.42. The van der Waals surface area contributed by atoms with Gasteiger partial charge in [-0.05, 0) is 13.3 Å². The first kappa shape index (κ1) is 17.7. The molecule has 2 fully saturated rings. The third-order valence-electron chi connectivity index (χ3n) is 4.21. The number of anilines is 2. The van der Waals surface area contributed by atoms with E-state index in [4.69, 9.17) is 4.74 Å². The van der Waals surface area contributed by atoms with Crippen LogP contribution < -0.4 is 10.2 Å². The summed E-state index contributed by atoms with van der Waals surface area (Å²) in [6, 6.07) is 1.28. The van der Waals surface area contributed by atoms with E-state index in [9.17, 15) is 18.0 Å². The lowest BCUT2D eigenvalue weighted by Crippen LogP contribution is -2.53. The third kappa shape index (κ3) is 4.50. The predicted octanol–water partition coefficient (Wildman–Crippen LogP) is 1.28. The molecule has 2 aliphatic heterocycles. The molecule has 3 heterocycles. The Morgan fingerprint density at radius 3 is 2.72 bits per heavy atom. The number of amides is 1. The number of nitrogens with one attached hydrogen (secondary N) is 1. The highest BCUT2D eigenvalue weighted by molar-refractivity contribution is 5.84. The van der Waals surface area contributed by atoms with Gasteiger partial charge < -0.3 is 19.9 Å². The maximum Gasteiger partial charge on any atom is 0.411 e. The van der Waals surface area contributed by atoms with Crippen molar-refractivity contribution in [2.75, 3.05) is 43.0 Å². The van der Waals surface area contributed by atoms with Gasteiger partial charge in [0.25, 0.3) is 0 Å². The van der Waals surface area contributed by atoms with Crippen molar-refractivity contribution >= 4 is 17.5 Å². The van der Waals surface area contributed by atoms with Gasteiger partial charge in [-0.25, -0.2) is 9.97 Å². The van der Waals surface area contributed by atoms with Gasteiger partial charge in [-0.1, -0.05) is 0 Å². The van der Waals surface area contributed by atoms with E-state index in [1.807, 2.05) is 0 Å². The second-order valence-corrected chi connectivity index (χ2v) is 6.26. The molecule has 0 saturated carbocycles. The number of nitrogens with zero attached hydrogens (tertiary/aromatic N) is 4. The summed E-state index contributed by atoms with van der Waals surface area (Å²) in [6.45, 7) is 2.79. The molecule has 10 heteroatoms. The van der Waals surface area contributed by atoms with Gasteiger partial charge in [-0.3, -0.25) is 4.79 Å². The molecule has 0 unspecified atom stereocenters. The van der Waals surface area contributed by atoms with E-state index < -0.39 is 24.9 Å². The van der Waals surface area contributed by atoms with E-state index in [2.05, 4.69) is 15.3 Å². The van der Waals surface area contributed by atoms with Crippen LogP contribution in [0.3, 0.4) is 0 Å². The molecule has 1 aromatic heterocycles. The number of rotatable bonds is 6. The summed E-state index contributed by atoms with van der Waals surface area (Å²) in [5.74, 6) is 1.12. The molecule has 138 valence electrons. The molecule has 1 aromatic rings. The number of likely N-dealkylation sites (tertiary alicyclic amines) is 1. The number of halogens is 3. The van der Waals surface area contributed by atoms with Gasteiger partial charge in [0, 0.05) is 32.2 Å². The summed E-state index contributed by atoms with van der Waals surface area (Å²) < 4.78 is 41.2. The van der Waals surface area contributed by atoms with Crippen molar-refractivity contribution < 1.29 is 22.7 Å². The Morgan fingerprint density at radius 2 is 2.12 bits per heavy atom. The van der Waals surface area contributed by atoms with Crippen LogP contribution >= 0.6 is 0 Å². The molecule has 1 atom stereocenters. The maximum absolute atomic E-state index is 12.1. The van der Waals surface area contributed by atoms with Crippen molar-refractivity contribution in [1.29, 1.82) is 0 Å². The fourth-order valence-corrected chi connectivity index (χ4v) is 2.64. The lowest BCUT2D eigenvalue weighted by atomic mass is 10.1. The molecule has 0 aliphatic carbocycles. The highest BCUT2D eigenvalue weighted by atomic mass is 19.4. The number of alkyl halides is 3. The SMILES string of the molecule is C[C@@H](Nc1cc(N2CC(OCC(F)(F)F)C2)ncn1)C(=O)N1CCC1. The number of carbonyl (C=O) groups is 1. The van der Waals surface area contributed by atoms with Crippen molar-refractivity contribution in [1.82, 2.24) is 14.9 Å². The molecule has 1 amide bonds. The monoisotopic (exact) mass is 359 g/mol. The molecule has 2 aliphatic rings. The van der Waals surface area contributed by atoms with Crippen LogP contribution in [-0.4, -0.2) is 71.9 Å². The van der Waals surface area contributed by atoms with Crippen LogP contribution in [0, 0.1) is 0 Å². The summed E-state index contributed by atoms with van der Waals surface area (Å²) in [7, 11) is 0. The van der Waals surface area contributed by atoms with Crippen LogP contribution in [0.5, 0.6) is 0 Å². The third-order valence-corrected chi connectivity index (χ3v) is 4.21. The van der Waals surface area contributed by atoms with Crippen LogP contribution in [0.25, 0.3) is 0 Å². The molecule has 3 rings (SSSR count). The molecule has 0 radical (unpaired) electrons. The second-order valence-electron chi connectivity index (χ2n) is 6.26. The Bertz CT molecular complexity index is 617. The molecular formula is C15H20F3N5O2. The van der Waals surface area contributed by atoms with Crippen molar-refractivity contribution in [3.8, 4) is 0 Å². The minimum Gasteiger partial charge on any atom is -0.365 e. The van der Waals surface area contributed by atoms with E-state index in [-0.39, 0.29) is 5.91 Å². The lowest BCUT2D eigenvalue weighted by Gasteiger charge is -2.39. The highest BCUT2D eigenvalue weighted by Gasteiger charge is 2.34. The van der Waals surface area contributed by atoms with Gasteiger partial charge in [0.15, 0.2) is 0 Å². The minimum atomic E-state index is -4.31. The van der Waals surface area contributed by atoms with Gasteiger partial charge >= 0.3 is 6.18 Å². The molecular weight excluding hydrogens is 339 g/mol. The summed E-state index contributed by atoms with van der Waals surface area (Å²) in [5, 5.41) is 3.04. The summed E-state index contributed by atoms with van der Waals surface area (Å²) >= 11 is 0. The zero-order chi connectivity index (χ0) is 18.0. The number of aromatic nitrogens is 2. The summed E-state index contributed by atoms with van der Waals surface area (Å²) in [5.41, 5.74) is 0. The second kappa shape index (κ2) is 7.03. The van der Waals surface area contributed by atoms with Crippen molar-refractivity contribution in [3.05, 3.63) is 12.4 Å².